The number of thioether (sulfide) groups is 1. The zero-order valence-corrected chi connectivity index (χ0v) is 11.8. The Balaban J connectivity index is 2.70. The molecule has 1 N–H and O–H groups in total. The predicted octanol–water partition coefficient (Wildman–Crippen LogP) is 2.72. The van der Waals surface area contributed by atoms with E-state index in [9.17, 15) is 0 Å². The van der Waals surface area contributed by atoms with Gasteiger partial charge in [0.15, 0.2) is 11.5 Å². The minimum Gasteiger partial charge on any atom is -0.493 e. The van der Waals surface area contributed by atoms with Gasteiger partial charge in [0.1, 0.15) is 0 Å². The summed E-state index contributed by atoms with van der Waals surface area (Å²) in [4.78, 5) is 0. The van der Waals surface area contributed by atoms with Crippen molar-refractivity contribution < 1.29 is 9.47 Å². The van der Waals surface area contributed by atoms with Gasteiger partial charge in [0.2, 0.25) is 0 Å². The third-order valence-electron chi connectivity index (χ3n) is 2.66. The summed E-state index contributed by atoms with van der Waals surface area (Å²) >= 11 is 1.85. The maximum atomic E-state index is 5.30. The van der Waals surface area contributed by atoms with Crippen LogP contribution in [-0.2, 0) is 0 Å². The van der Waals surface area contributed by atoms with Crippen molar-refractivity contribution in [2.75, 3.05) is 32.8 Å². The van der Waals surface area contributed by atoms with E-state index in [0.717, 1.165) is 23.8 Å². The molecule has 0 aliphatic carbocycles. The van der Waals surface area contributed by atoms with E-state index in [1.807, 2.05) is 23.9 Å². The Labute approximate surface area is 108 Å². The van der Waals surface area contributed by atoms with Crippen LogP contribution in [0.3, 0.4) is 0 Å². The van der Waals surface area contributed by atoms with E-state index >= 15 is 0 Å². The molecule has 1 unspecified atom stereocenters. The third kappa shape index (κ3) is 4.13. The Kier molecular flexibility index (Phi) is 6.22. The second-order valence-electron chi connectivity index (χ2n) is 3.78. The minimum absolute atomic E-state index is 0.321. The Morgan fingerprint density at radius 2 is 1.94 bits per heavy atom. The minimum atomic E-state index is 0.321. The lowest BCUT2D eigenvalue weighted by molar-refractivity contribution is 0.354. The molecule has 96 valence electrons. The molecule has 1 aromatic rings. The van der Waals surface area contributed by atoms with Gasteiger partial charge in [0, 0.05) is 18.3 Å². The van der Waals surface area contributed by atoms with Crippen molar-refractivity contribution in [3.63, 3.8) is 0 Å². The first kappa shape index (κ1) is 14.2. The molecule has 0 fully saturated rings. The van der Waals surface area contributed by atoms with Crippen LogP contribution in [0.4, 0.5) is 0 Å². The summed E-state index contributed by atoms with van der Waals surface area (Å²) in [7, 11) is 3.31. The van der Waals surface area contributed by atoms with E-state index < -0.39 is 0 Å². The molecule has 0 heterocycles. The summed E-state index contributed by atoms with van der Waals surface area (Å²) in [6, 6.07) is 6.36. The maximum absolute atomic E-state index is 5.30. The van der Waals surface area contributed by atoms with Crippen molar-refractivity contribution in [1.82, 2.24) is 5.32 Å². The van der Waals surface area contributed by atoms with Crippen molar-refractivity contribution in [3.05, 3.63) is 23.8 Å². The van der Waals surface area contributed by atoms with Gasteiger partial charge in [0.25, 0.3) is 0 Å². The van der Waals surface area contributed by atoms with Crippen LogP contribution in [-0.4, -0.2) is 32.8 Å². The van der Waals surface area contributed by atoms with Crippen LogP contribution in [0.25, 0.3) is 0 Å². The third-order valence-corrected chi connectivity index (χ3v) is 3.28. The van der Waals surface area contributed by atoms with E-state index in [4.69, 9.17) is 9.47 Å². The Morgan fingerprint density at radius 1 is 1.24 bits per heavy atom. The molecule has 1 atom stereocenters. The number of rotatable bonds is 7. The number of hydrogen-bond acceptors (Lipinski definition) is 4. The lowest BCUT2D eigenvalue weighted by Crippen LogP contribution is -2.21. The molecule has 1 aromatic carbocycles. The second-order valence-corrected chi connectivity index (χ2v) is 4.77. The highest BCUT2D eigenvalue weighted by Gasteiger charge is 2.09. The fourth-order valence-electron chi connectivity index (χ4n) is 1.62. The molecule has 0 saturated heterocycles. The number of methoxy groups -OCH3 is 2. The van der Waals surface area contributed by atoms with Crippen LogP contribution in [0.1, 0.15) is 18.5 Å². The highest BCUT2D eigenvalue weighted by atomic mass is 32.2. The summed E-state index contributed by atoms with van der Waals surface area (Å²) < 4.78 is 10.5. The van der Waals surface area contributed by atoms with Crippen LogP contribution in [0, 0.1) is 0 Å². The summed E-state index contributed by atoms with van der Waals surface area (Å²) in [6.45, 7) is 3.16. The summed E-state index contributed by atoms with van der Waals surface area (Å²) in [6.07, 6.45) is 2.11. The van der Waals surface area contributed by atoms with Crippen LogP contribution in [0.2, 0.25) is 0 Å². The first-order valence-electron chi connectivity index (χ1n) is 5.67. The highest BCUT2D eigenvalue weighted by molar-refractivity contribution is 7.98. The van der Waals surface area contributed by atoms with Crippen LogP contribution in [0.15, 0.2) is 18.2 Å². The summed E-state index contributed by atoms with van der Waals surface area (Å²) in [5.74, 6) is 2.67. The number of hydrogen-bond donors (Lipinski definition) is 1. The Bertz CT molecular complexity index is 344. The molecule has 0 aliphatic heterocycles. The van der Waals surface area contributed by atoms with Gasteiger partial charge in [-0.15, -0.1) is 0 Å². The van der Waals surface area contributed by atoms with E-state index in [2.05, 4.69) is 24.6 Å². The normalized spacial score (nSPS) is 12.2. The maximum Gasteiger partial charge on any atom is 0.161 e. The standard InChI is InChI=1S/C13H21NO2S/c1-10(14-7-8-17-4)11-5-6-12(15-2)13(9-11)16-3/h5-6,9-10,14H,7-8H2,1-4H3. The van der Waals surface area contributed by atoms with Crippen molar-refractivity contribution in [2.24, 2.45) is 0 Å². The molecule has 0 radical (unpaired) electrons. The van der Waals surface area contributed by atoms with Gasteiger partial charge in [-0.05, 0) is 30.9 Å². The number of benzene rings is 1. The van der Waals surface area contributed by atoms with Gasteiger partial charge < -0.3 is 14.8 Å². The largest absolute Gasteiger partial charge is 0.493 e. The van der Waals surface area contributed by atoms with Gasteiger partial charge >= 0.3 is 0 Å². The van der Waals surface area contributed by atoms with Crippen molar-refractivity contribution in [1.29, 1.82) is 0 Å². The zero-order chi connectivity index (χ0) is 12.7. The molecule has 0 saturated carbocycles. The van der Waals surface area contributed by atoms with E-state index in [1.54, 1.807) is 14.2 Å². The predicted molar refractivity (Wildman–Crippen MR) is 74.3 cm³/mol. The van der Waals surface area contributed by atoms with E-state index in [1.165, 1.54) is 5.56 Å². The highest BCUT2D eigenvalue weighted by Crippen LogP contribution is 2.29. The zero-order valence-electron chi connectivity index (χ0n) is 10.9. The average Bonchev–Trinajstić information content (AvgIpc) is 2.38. The van der Waals surface area contributed by atoms with Gasteiger partial charge in [-0.2, -0.15) is 11.8 Å². The molecule has 0 spiro atoms. The fraction of sp³-hybridized carbons (Fsp3) is 0.538. The fourth-order valence-corrected chi connectivity index (χ4v) is 1.94. The molecule has 1 rings (SSSR count). The molecule has 17 heavy (non-hydrogen) atoms. The van der Waals surface area contributed by atoms with Gasteiger partial charge in [-0.25, -0.2) is 0 Å². The Hall–Kier alpha value is -0.870. The van der Waals surface area contributed by atoms with E-state index in [0.29, 0.717) is 6.04 Å². The topological polar surface area (TPSA) is 30.5 Å². The summed E-state index contributed by atoms with van der Waals surface area (Å²) in [5, 5.41) is 3.47. The first-order chi connectivity index (χ1) is 8.22. The van der Waals surface area contributed by atoms with Crippen LogP contribution >= 0.6 is 11.8 Å². The molecule has 3 nitrogen and oxygen atoms in total. The molecule has 0 bridgehead atoms. The average molecular weight is 255 g/mol. The second kappa shape index (κ2) is 7.45. The quantitative estimate of drug-likeness (QED) is 0.759. The molecular weight excluding hydrogens is 234 g/mol. The molecular formula is C13H21NO2S. The van der Waals surface area contributed by atoms with Crippen LogP contribution in [0.5, 0.6) is 11.5 Å². The monoisotopic (exact) mass is 255 g/mol. The molecule has 4 heteroatoms. The number of nitrogens with one attached hydrogen (secondary N) is 1. The van der Waals surface area contributed by atoms with Crippen LogP contribution < -0.4 is 14.8 Å². The molecule has 0 aromatic heterocycles. The van der Waals surface area contributed by atoms with Crippen molar-refractivity contribution >= 4 is 11.8 Å². The number of ether oxygens (including phenoxy) is 2. The smallest absolute Gasteiger partial charge is 0.161 e. The van der Waals surface area contributed by atoms with Gasteiger partial charge in [-0.3, -0.25) is 0 Å². The lowest BCUT2D eigenvalue weighted by Gasteiger charge is -2.16. The first-order valence-corrected chi connectivity index (χ1v) is 7.06. The van der Waals surface area contributed by atoms with E-state index in [-0.39, 0.29) is 0 Å². The van der Waals surface area contributed by atoms with Crippen molar-refractivity contribution in [3.8, 4) is 11.5 Å². The Morgan fingerprint density at radius 3 is 2.53 bits per heavy atom. The lowest BCUT2D eigenvalue weighted by atomic mass is 10.1. The SMILES string of the molecule is COc1ccc(C(C)NCCSC)cc1OC. The molecule has 0 aliphatic rings. The summed E-state index contributed by atoms with van der Waals surface area (Å²) in [5.41, 5.74) is 1.21. The molecule has 0 amide bonds. The van der Waals surface area contributed by atoms with Gasteiger partial charge in [0.05, 0.1) is 14.2 Å². The van der Waals surface area contributed by atoms with Gasteiger partial charge in [-0.1, -0.05) is 6.07 Å². The van der Waals surface area contributed by atoms with Crippen molar-refractivity contribution in [2.45, 2.75) is 13.0 Å².